The molecule has 1 aromatic carbocycles. The van der Waals surface area contributed by atoms with E-state index in [0.717, 1.165) is 22.4 Å². The summed E-state index contributed by atoms with van der Waals surface area (Å²) in [6, 6.07) is 8.45. The molecule has 2 heterocycles. The normalized spacial score (nSPS) is 11.8. The second-order valence-corrected chi connectivity index (χ2v) is 5.94. The minimum atomic E-state index is 0.133. The summed E-state index contributed by atoms with van der Waals surface area (Å²) in [6.07, 6.45) is 5.26. The van der Waals surface area contributed by atoms with Gasteiger partial charge in [-0.1, -0.05) is 32.9 Å². The summed E-state index contributed by atoms with van der Waals surface area (Å²) in [5.41, 5.74) is 5.23. The largest absolute Gasteiger partial charge is 0.352 e. The predicted octanol–water partition coefficient (Wildman–Crippen LogP) is 4.00. The van der Waals surface area contributed by atoms with Crippen LogP contribution in [-0.4, -0.2) is 15.0 Å². The minimum Gasteiger partial charge on any atom is -0.352 e. The standard InChI is InChI=1S/C16H18N4/c1-16(2,3)11-5-4-6-12(7-11)20-14-9-17-8-13-15(14)19-10-18-13/h4-10,20H,1-3H3,(H,18,19). The molecule has 0 unspecified atom stereocenters. The lowest BCUT2D eigenvalue weighted by atomic mass is 9.87. The minimum absolute atomic E-state index is 0.133. The number of aromatic amines is 1. The molecular weight excluding hydrogens is 248 g/mol. The molecule has 0 radical (unpaired) electrons. The number of nitrogens with zero attached hydrogens (tertiary/aromatic N) is 2. The third-order valence-electron chi connectivity index (χ3n) is 3.34. The first-order chi connectivity index (χ1) is 9.54. The first kappa shape index (κ1) is 12.7. The zero-order valence-electron chi connectivity index (χ0n) is 11.9. The van der Waals surface area contributed by atoms with Crippen molar-refractivity contribution in [3.63, 3.8) is 0 Å². The zero-order chi connectivity index (χ0) is 14.2. The van der Waals surface area contributed by atoms with Crippen molar-refractivity contribution in [1.82, 2.24) is 15.0 Å². The third-order valence-corrected chi connectivity index (χ3v) is 3.34. The lowest BCUT2D eigenvalue weighted by molar-refractivity contribution is 0.590. The molecule has 2 N–H and O–H groups in total. The van der Waals surface area contributed by atoms with Gasteiger partial charge in [0.15, 0.2) is 0 Å². The molecule has 0 amide bonds. The number of nitrogens with one attached hydrogen (secondary N) is 2. The summed E-state index contributed by atoms with van der Waals surface area (Å²) >= 11 is 0. The Morgan fingerprint density at radius 2 is 2.00 bits per heavy atom. The molecular formula is C16H18N4. The van der Waals surface area contributed by atoms with E-state index in [-0.39, 0.29) is 5.41 Å². The third kappa shape index (κ3) is 2.37. The van der Waals surface area contributed by atoms with Gasteiger partial charge in [0, 0.05) is 5.69 Å². The number of H-pyrrole nitrogens is 1. The quantitative estimate of drug-likeness (QED) is 0.737. The van der Waals surface area contributed by atoms with E-state index in [2.05, 4.69) is 65.3 Å². The van der Waals surface area contributed by atoms with Gasteiger partial charge in [0.2, 0.25) is 0 Å². The molecule has 3 aromatic rings. The van der Waals surface area contributed by atoms with Crippen molar-refractivity contribution in [2.24, 2.45) is 0 Å². The van der Waals surface area contributed by atoms with Crippen LogP contribution < -0.4 is 5.32 Å². The second-order valence-electron chi connectivity index (χ2n) is 5.94. The van der Waals surface area contributed by atoms with Crippen molar-refractivity contribution in [3.05, 3.63) is 48.5 Å². The van der Waals surface area contributed by atoms with Crippen LogP contribution in [0.3, 0.4) is 0 Å². The van der Waals surface area contributed by atoms with Gasteiger partial charge in [-0.15, -0.1) is 0 Å². The van der Waals surface area contributed by atoms with E-state index in [1.165, 1.54) is 5.56 Å². The van der Waals surface area contributed by atoms with Crippen LogP contribution >= 0.6 is 0 Å². The number of aromatic nitrogens is 3. The lowest BCUT2D eigenvalue weighted by Gasteiger charge is -2.20. The fourth-order valence-corrected chi connectivity index (χ4v) is 2.18. The Morgan fingerprint density at radius 3 is 2.80 bits per heavy atom. The van der Waals surface area contributed by atoms with E-state index in [0.29, 0.717) is 0 Å². The summed E-state index contributed by atoms with van der Waals surface area (Å²) in [5.74, 6) is 0. The highest BCUT2D eigenvalue weighted by Crippen LogP contribution is 2.27. The molecule has 0 spiro atoms. The SMILES string of the molecule is CC(C)(C)c1cccc(Nc2cncc3[nH]cnc23)c1. The van der Waals surface area contributed by atoms with Gasteiger partial charge in [-0.25, -0.2) is 4.98 Å². The molecule has 102 valence electrons. The Bertz CT molecular complexity index is 737. The van der Waals surface area contributed by atoms with Crippen molar-refractivity contribution in [2.75, 3.05) is 5.32 Å². The summed E-state index contributed by atoms with van der Waals surface area (Å²) < 4.78 is 0. The molecule has 0 saturated heterocycles. The zero-order valence-corrected chi connectivity index (χ0v) is 11.9. The van der Waals surface area contributed by atoms with Gasteiger partial charge in [0.25, 0.3) is 0 Å². The van der Waals surface area contributed by atoms with E-state index in [4.69, 9.17) is 0 Å². The number of hydrogen-bond donors (Lipinski definition) is 2. The van der Waals surface area contributed by atoms with Crippen LogP contribution in [0.15, 0.2) is 43.0 Å². The number of benzene rings is 1. The number of rotatable bonds is 2. The predicted molar refractivity (Wildman–Crippen MR) is 82.3 cm³/mol. The first-order valence-corrected chi connectivity index (χ1v) is 6.69. The molecule has 20 heavy (non-hydrogen) atoms. The first-order valence-electron chi connectivity index (χ1n) is 6.69. The molecule has 0 aliphatic heterocycles. The van der Waals surface area contributed by atoms with Crippen molar-refractivity contribution in [2.45, 2.75) is 26.2 Å². The van der Waals surface area contributed by atoms with Crippen LogP contribution in [0.25, 0.3) is 11.0 Å². The van der Waals surface area contributed by atoms with E-state index >= 15 is 0 Å². The Labute approximate surface area is 118 Å². The van der Waals surface area contributed by atoms with E-state index in [1.54, 1.807) is 18.7 Å². The Hall–Kier alpha value is -2.36. The van der Waals surface area contributed by atoms with Crippen LogP contribution in [0.1, 0.15) is 26.3 Å². The number of pyridine rings is 1. The van der Waals surface area contributed by atoms with Crippen LogP contribution in [0.4, 0.5) is 11.4 Å². The van der Waals surface area contributed by atoms with Gasteiger partial charge in [-0.3, -0.25) is 4.98 Å². The van der Waals surface area contributed by atoms with Gasteiger partial charge >= 0.3 is 0 Å². The second kappa shape index (κ2) is 4.63. The van der Waals surface area contributed by atoms with Crippen molar-refractivity contribution >= 4 is 22.4 Å². The van der Waals surface area contributed by atoms with E-state index in [9.17, 15) is 0 Å². The molecule has 0 fully saturated rings. The maximum absolute atomic E-state index is 4.33. The molecule has 4 heteroatoms. The summed E-state index contributed by atoms with van der Waals surface area (Å²) in [5, 5.41) is 3.40. The van der Waals surface area contributed by atoms with Crippen LogP contribution in [0, 0.1) is 0 Å². The van der Waals surface area contributed by atoms with Crippen molar-refractivity contribution in [3.8, 4) is 0 Å². The summed E-state index contributed by atoms with van der Waals surface area (Å²) in [4.78, 5) is 11.6. The molecule has 4 nitrogen and oxygen atoms in total. The number of hydrogen-bond acceptors (Lipinski definition) is 3. The highest BCUT2D eigenvalue weighted by atomic mass is 15.0. The molecule has 2 aromatic heterocycles. The van der Waals surface area contributed by atoms with E-state index in [1.807, 2.05) is 0 Å². The topological polar surface area (TPSA) is 53.6 Å². The average Bonchev–Trinajstić information content (AvgIpc) is 2.87. The maximum atomic E-state index is 4.33. The summed E-state index contributed by atoms with van der Waals surface area (Å²) in [6.45, 7) is 6.63. The Morgan fingerprint density at radius 1 is 1.15 bits per heavy atom. The van der Waals surface area contributed by atoms with Gasteiger partial charge in [0.1, 0.15) is 5.52 Å². The van der Waals surface area contributed by atoms with Gasteiger partial charge in [-0.05, 0) is 23.1 Å². The van der Waals surface area contributed by atoms with Crippen molar-refractivity contribution < 1.29 is 0 Å². The average molecular weight is 266 g/mol. The van der Waals surface area contributed by atoms with Gasteiger partial charge in [-0.2, -0.15) is 0 Å². The van der Waals surface area contributed by atoms with Gasteiger partial charge < -0.3 is 10.3 Å². The highest BCUT2D eigenvalue weighted by molar-refractivity contribution is 5.88. The number of anilines is 2. The number of imidazole rings is 1. The Kier molecular flexibility index (Phi) is 2.93. The fraction of sp³-hybridized carbons (Fsp3) is 0.250. The molecule has 0 atom stereocenters. The Balaban J connectivity index is 1.97. The van der Waals surface area contributed by atoms with Crippen LogP contribution in [0.5, 0.6) is 0 Å². The molecule has 0 saturated carbocycles. The fourth-order valence-electron chi connectivity index (χ4n) is 2.18. The lowest BCUT2D eigenvalue weighted by Crippen LogP contribution is -2.11. The molecule has 0 aliphatic carbocycles. The maximum Gasteiger partial charge on any atom is 0.115 e. The molecule has 0 aliphatic rings. The van der Waals surface area contributed by atoms with Crippen LogP contribution in [0.2, 0.25) is 0 Å². The molecule has 0 bridgehead atoms. The highest BCUT2D eigenvalue weighted by Gasteiger charge is 2.14. The number of fused-ring (bicyclic) bond motifs is 1. The van der Waals surface area contributed by atoms with E-state index < -0.39 is 0 Å². The summed E-state index contributed by atoms with van der Waals surface area (Å²) in [7, 11) is 0. The smallest absolute Gasteiger partial charge is 0.115 e. The van der Waals surface area contributed by atoms with Gasteiger partial charge in [0.05, 0.1) is 29.9 Å². The molecule has 3 rings (SSSR count). The monoisotopic (exact) mass is 266 g/mol. The van der Waals surface area contributed by atoms with Crippen molar-refractivity contribution in [1.29, 1.82) is 0 Å². The van der Waals surface area contributed by atoms with Crippen LogP contribution in [-0.2, 0) is 5.41 Å².